The maximum absolute atomic E-state index is 11.4. The minimum absolute atomic E-state index is 0.201. The maximum atomic E-state index is 11.4. The molecule has 19 heavy (non-hydrogen) atoms. The van der Waals surface area contributed by atoms with Crippen LogP contribution in [0.15, 0.2) is 11.1 Å². The Balaban J connectivity index is 1.94. The van der Waals surface area contributed by atoms with Crippen LogP contribution in [0, 0.1) is 0 Å². The second kappa shape index (κ2) is 5.57. The molecule has 0 fully saturated rings. The van der Waals surface area contributed by atoms with E-state index in [0.29, 0.717) is 31.5 Å². The number of aromatic amines is 1. The second-order valence-electron chi connectivity index (χ2n) is 4.23. The number of carbonyl (C=O) groups is 1. The first-order chi connectivity index (χ1) is 9.09. The number of fused-ring (bicyclic) bond motifs is 1. The summed E-state index contributed by atoms with van der Waals surface area (Å²) in [6, 6.07) is -0.700. The molecule has 1 unspecified atom stereocenters. The third kappa shape index (κ3) is 2.94. The Morgan fingerprint density at radius 3 is 3.05 bits per heavy atom. The molecule has 0 spiro atoms. The highest BCUT2D eigenvalue weighted by Gasteiger charge is 2.10. The summed E-state index contributed by atoms with van der Waals surface area (Å²) in [4.78, 5) is 28.3. The highest BCUT2D eigenvalue weighted by atomic mass is 16.4. The molecule has 102 valence electrons. The van der Waals surface area contributed by atoms with Crippen LogP contribution in [0.5, 0.6) is 0 Å². The number of unbranched alkanes of at least 4 members (excludes halogenated alkanes) is 1. The van der Waals surface area contributed by atoms with Gasteiger partial charge in [-0.05, 0) is 12.8 Å². The molecule has 4 N–H and O–H groups in total. The molecule has 2 heterocycles. The number of nitrogens with zero attached hydrogens (tertiary/aromatic N) is 4. The van der Waals surface area contributed by atoms with Gasteiger partial charge in [0.15, 0.2) is 11.2 Å². The van der Waals surface area contributed by atoms with Crippen LogP contribution >= 0.6 is 0 Å². The van der Waals surface area contributed by atoms with Gasteiger partial charge in [0.1, 0.15) is 6.04 Å². The monoisotopic (exact) mass is 266 g/mol. The number of H-pyrrole nitrogens is 1. The van der Waals surface area contributed by atoms with E-state index in [1.807, 2.05) is 0 Å². The summed E-state index contributed by atoms with van der Waals surface area (Å²) >= 11 is 0. The summed E-state index contributed by atoms with van der Waals surface area (Å²) in [5.74, 6) is -1.14. The van der Waals surface area contributed by atoms with E-state index in [9.17, 15) is 14.7 Å². The Morgan fingerprint density at radius 1 is 1.53 bits per heavy atom. The largest absolute Gasteiger partial charge is 0.544 e. The minimum Gasteiger partial charge on any atom is -0.544 e. The van der Waals surface area contributed by atoms with Gasteiger partial charge < -0.3 is 20.6 Å². The SMILES string of the molecule is [NH3+]C(CCCCn1nnc2c(=O)[nH]cnc21)C(=O)[O-]. The fraction of sp³-hybridized carbons (Fsp3) is 0.500. The molecule has 0 aliphatic heterocycles. The van der Waals surface area contributed by atoms with E-state index in [1.54, 1.807) is 0 Å². The average molecular weight is 266 g/mol. The first-order valence-corrected chi connectivity index (χ1v) is 5.90. The van der Waals surface area contributed by atoms with Crippen LogP contribution in [-0.2, 0) is 11.3 Å². The van der Waals surface area contributed by atoms with Crippen molar-refractivity contribution < 1.29 is 15.6 Å². The Morgan fingerprint density at radius 2 is 2.32 bits per heavy atom. The van der Waals surface area contributed by atoms with E-state index in [-0.39, 0.29) is 11.1 Å². The van der Waals surface area contributed by atoms with Gasteiger partial charge in [-0.2, -0.15) is 0 Å². The summed E-state index contributed by atoms with van der Waals surface area (Å²) in [6.07, 6.45) is 3.12. The first kappa shape index (κ1) is 13.1. The van der Waals surface area contributed by atoms with Gasteiger partial charge in [0, 0.05) is 13.0 Å². The van der Waals surface area contributed by atoms with Crippen LogP contribution in [0.4, 0.5) is 0 Å². The zero-order valence-electron chi connectivity index (χ0n) is 10.2. The highest BCUT2D eigenvalue weighted by Crippen LogP contribution is 2.05. The fourth-order valence-corrected chi connectivity index (χ4v) is 1.72. The molecule has 2 aromatic heterocycles. The predicted molar refractivity (Wildman–Crippen MR) is 61.5 cm³/mol. The van der Waals surface area contributed by atoms with Gasteiger partial charge in [-0.25, -0.2) is 9.67 Å². The van der Waals surface area contributed by atoms with E-state index in [1.165, 1.54) is 11.0 Å². The Bertz CT molecular complexity index is 633. The molecule has 0 aliphatic rings. The molecule has 0 amide bonds. The molecular weight excluding hydrogens is 252 g/mol. The van der Waals surface area contributed by atoms with Gasteiger partial charge in [-0.3, -0.25) is 4.79 Å². The van der Waals surface area contributed by atoms with Crippen LogP contribution in [-0.4, -0.2) is 37.0 Å². The lowest BCUT2D eigenvalue weighted by molar-refractivity contribution is -0.438. The van der Waals surface area contributed by atoms with Crippen LogP contribution in [0.2, 0.25) is 0 Å². The summed E-state index contributed by atoms with van der Waals surface area (Å²) in [5, 5.41) is 18.1. The molecule has 0 aliphatic carbocycles. The number of nitrogens with one attached hydrogen (secondary N) is 1. The van der Waals surface area contributed by atoms with Crippen molar-refractivity contribution in [2.24, 2.45) is 0 Å². The van der Waals surface area contributed by atoms with E-state index >= 15 is 0 Å². The molecule has 0 aromatic carbocycles. The Hall–Kier alpha value is -2.29. The van der Waals surface area contributed by atoms with E-state index in [0.717, 1.165) is 0 Å². The number of hydrogen-bond acceptors (Lipinski definition) is 6. The van der Waals surface area contributed by atoms with Crippen molar-refractivity contribution >= 4 is 17.1 Å². The molecular formula is C10H14N6O3. The zero-order valence-corrected chi connectivity index (χ0v) is 10.2. The number of carboxylic acid groups (broad SMARTS) is 1. The number of carboxylic acids is 1. The first-order valence-electron chi connectivity index (χ1n) is 5.90. The lowest BCUT2D eigenvalue weighted by atomic mass is 10.1. The van der Waals surface area contributed by atoms with Crippen molar-refractivity contribution in [1.29, 1.82) is 0 Å². The van der Waals surface area contributed by atoms with Crippen molar-refractivity contribution in [3.05, 3.63) is 16.7 Å². The van der Waals surface area contributed by atoms with Gasteiger partial charge in [0.05, 0.1) is 12.3 Å². The molecule has 2 aromatic rings. The third-order valence-corrected chi connectivity index (χ3v) is 2.81. The average Bonchev–Trinajstić information content (AvgIpc) is 2.79. The van der Waals surface area contributed by atoms with Crippen molar-refractivity contribution in [1.82, 2.24) is 25.0 Å². The van der Waals surface area contributed by atoms with Gasteiger partial charge in [0.25, 0.3) is 5.56 Å². The molecule has 0 bridgehead atoms. The van der Waals surface area contributed by atoms with E-state index in [2.05, 4.69) is 26.0 Å². The van der Waals surface area contributed by atoms with Gasteiger partial charge in [-0.1, -0.05) is 5.21 Å². The number of hydrogen-bond donors (Lipinski definition) is 2. The van der Waals surface area contributed by atoms with Crippen molar-refractivity contribution in [3.8, 4) is 0 Å². The van der Waals surface area contributed by atoms with Crippen LogP contribution in [0.1, 0.15) is 19.3 Å². The number of aryl methyl sites for hydroxylation is 1. The summed E-state index contributed by atoms with van der Waals surface area (Å²) < 4.78 is 1.53. The third-order valence-electron chi connectivity index (χ3n) is 2.81. The van der Waals surface area contributed by atoms with Crippen LogP contribution in [0.3, 0.4) is 0 Å². The maximum Gasteiger partial charge on any atom is 0.280 e. The number of aromatic nitrogens is 5. The Labute approximate surface area is 107 Å². The fourth-order valence-electron chi connectivity index (χ4n) is 1.72. The van der Waals surface area contributed by atoms with Gasteiger partial charge >= 0.3 is 0 Å². The van der Waals surface area contributed by atoms with Crippen molar-refractivity contribution in [2.75, 3.05) is 0 Å². The number of carbonyl (C=O) groups excluding carboxylic acids is 1. The number of rotatable bonds is 6. The normalized spacial score (nSPS) is 12.7. The number of quaternary nitrogens is 1. The lowest BCUT2D eigenvalue weighted by Gasteiger charge is -2.08. The van der Waals surface area contributed by atoms with Crippen LogP contribution in [0.25, 0.3) is 11.2 Å². The van der Waals surface area contributed by atoms with E-state index in [4.69, 9.17) is 0 Å². The number of aliphatic carboxylic acids is 1. The van der Waals surface area contributed by atoms with Crippen molar-refractivity contribution in [2.45, 2.75) is 31.8 Å². The highest BCUT2D eigenvalue weighted by molar-refractivity contribution is 5.69. The van der Waals surface area contributed by atoms with Crippen LogP contribution < -0.4 is 16.4 Å². The minimum atomic E-state index is -1.14. The van der Waals surface area contributed by atoms with Gasteiger partial charge in [0.2, 0.25) is 0 Å². The quantitative estimate of drug-likeness (QED) is 0.534. The Kier molecular flexibility index (Phi) is 3.85. The van der Waals surface area contributed by atoms with E-state index < -0.39 is 12.0 Å². The predicted octanol–water partition coefficient (Wildman–Crippen LogP) is -2.95. The molecule has 1 atom stereocenters. The standard InChI is InChI=1S/C10H14N6O3/c11-6(10(18)19)3-1-2-4-16-8-7(14-15-16)9(17)13-5-12-8/h5-6H,1-4,11H2,(H,18,19)(H,12,13,17). The molecule has 9 nitrogen and oxygen atoms in total. The lowest BCUT2D eigenvalue weighted by Crippen LogP contribution is -2.68. The molecule has 0 saturated carbocycles. The molecule has 9 heteroatoms. The zero-order chi connectivity index (χ0) is 13.8. The summed E-state index contributed by atoms with van der Waals surface area (Å²) in [6.45, 7) is 0.521. The molecule has 0 radical (unpaired) electrons. The molecule has 0 saturated heterocycles. The smallest absolute Gasteiger partial charge is 0.280 e. The summed E-state index contributed by atoms with van der Waals surface area (Å²) in [7, 11) is 0. The van der Waals surface area contributed by atoms with Gasteiger partial charge in [-0.15, -0.1) is 5.10 Å². The second-order valence-corrected chi connectivity index (χ2v) is 4.23. The molecule has 2 rings (SSSR count). The summed E-state index contributed by atoms with van der Waals surface area (Å²) in [5.41, 5.74) is 3.78. The van der Waals surface area contributed by atoms with Crippen molar-refractivity contribution in [3.63, 3.8) is 0 Å². The topological polar surface area (TPSA) is 144 Å².